The van der Waals surface area contributed by atoms with Crippen LogP contribution in [0.5, 0.6) is 11.5 Å². The predicted octanol–water partition coefficient (Wildman–Crippen LogP) is 4.71. The molecule has 7 nitrogen and oxygen atoms in total. The van der Waals surface area contributed by atoms with E-state index in [-0.39, 0.29) is 11.4 Å². The monoisotopic (exact) mass is 527 g/mol. The van der Waals surface area contributed by atoms with Crippen LogP contribution >= 0.6 is 0 Å². The highest BCUT2D eigenvalue weighted by atomic mass is 32.2. The Bertz CT molecular complexity index is 1670. The lowest BCUT2D eigenvalue weighted by Gasteiger charge is -2.20. The molecule has 5 rings (SSSR count). The van der Waals surface area contributed by atoms with Gasteiger partial charge in [0.25, 0.3) is 0 Å². The number of fused-ring (bicyclic) bond motifs is 4. The molecule has 0 radical (unpaired) electrons. The van der Waals surface area contributed by atoms with Crippen molar-refractivity contribution in [2.45, 2.75) is 5.51 Å². The Hall–Kier alpha value is -3.84. The van der Waals surface area contributed by atoms with Gasteiger partial charge < -0.3 is 14.0 Å². The zero-order valence-electron chi connectivity index (χ0n) is 18.3. The van der Waals surface area contributed by atoms with Crippen molar-refractivity contribution >= 4 is 37.8 Å². The summed E-state index contributed by atoms with van der Waals surface area (Å²) in [5.41, 5.74) is -3.84. The zero-order valence-corrected chi connectivity index (χ0v) is 19.1. The van der Waals surface area contributed by atoms with Crippen molar-refractivity contribution in [2.24, 2.45) is 7.05 Å². The van der Waals surface area contributed by atoms with Crippen molar-refractivity contribution < 1.29 is 53.8 Å². The van der Waals surface area contributed by atoms with E-state index < -0.39 is 27.4 Å². The van der Waals surface area contributed by atoms with Crippen LogP contribution in [0.2, 0.25) is 0 Å². The Morgan fingerprint density at radius 3 is 2.31 bits per heavy atom. The van der Waals surface area contributed by atoms with E-state index in [2.05, 4.69) is 0 Å². The number of nitrogens with zero attached hydrogens (tertiary/aromatic N) is 1. The molecular weight excluding hydrogens is 513 g/mol. The lowest BCUT2D eigenvalue weighted by Crippen LogP contribution is -2.33. The number of carbonyl (C=O) groups is 1. The van der Waals surface area contributed by atoms with E-state index in [0.717, 1.165) is 16.5 Å². The molecule has 0 atom stereocenters. The van der Waals surface area contributed by atoms with Gasteiger partial charge >= 0.3 is 11.5 Å². The van der Waals surface area contributed by atoms with E-state index in [1.54, 1.807) is 13.1 Å². The first-order valence-corrected chi connectivity index (χ1v) is 11.3. The van der Waals surface area contributed by atoms with Gasteiger partial charge in [0, 0.05) is 11.5 Å². The summed E-state index contributed by atoms with van der Waals surface area (Å²) in [5, 5.41) is 2.14. The van der Waals surface area contributed by atoms with Crippen LogP contribution in [0.25, 0.3) is 32.9 Å². The molecule has 0 fully saturated rings. The molecule has 4 aromatic rings. The molecule has 0 amide bonds. The quantitative estimate of drug-likeness (QED) is 0.0783. The van der Waals surface area contributed by atoms with E-state index in [0.29, 0.717) is 28.0 Å². The molecule has 0 N–H and O–H groups in total. The number of benzene rings is 3. The highest BCUT2D eigenvalue weighted by Gasteiger charge is 2.37. The van der Waals surface area contributed by atoms with Gasteiger partial charge in [-0.2, -0.15) is 17.7 Å². The number of hydrogen-bond acceptors (Lipinski definition) is 6. The summed E-state index contributed by atoms with van der Waals surface area (Å²) in [6.07, 6.45) is 0. The summed E-state index contributed by atoms with van der Waals surface area (Å²) in [6, 6.07) is 12.6. The number of hydrogen-bond donors (Lipinski definition) is 0. The Morgan fingerprint density at radius 1 is 1.03 bits per heavy atom. The van der Waals surface area contributed by atoms with Gasteiger partial charge in [-0.15, -0.1) is 0 Å². The Labute approximate surface area is 200 Å². The predicted molar refractivity (Wildman–Crippen MR) is 115 cm³/mol. The summed E-state index contributed by atoms with van der Waals surface area (Å²) in [7, 11) is -3.08. The van der Waals surface area contributed by atoms with Crippen LogP contribution in [0.4, 0.5) is 22.0 Å². The second kappa shape index (κ2) is 8.68. The minimum absolute atomic E-state index is 0.153. The molecule has 188 valence electrons. The SMILES string of the molecule is COC(=O)c1cc2c(cc1F)c1cccc3c1c([n+]2C)-c1cc(F)ccc1O3.O=S(=O)([O-])C(F)(F)F. The summed E-state index contributed by atoms with van der Waals surface area (Å²) in [4.78, 5) is 12.0. The molecule has 1 aliphatic rings. The number of aryl methyl sites for hydroxylation is 1. The lowest BCUT2D eigenvalue weighted by atomic mass is 9.95. The zero-order chi connectivity index (χ0) is 26.6. The van der Waals surface area contributed by atoms with Gasteiger partial charge in [-0.25, -0.2) is 22.0 Å². The Balaban J connectivity index is 0.000000331. The maximum Gasteiger partial charge on any atom is 0.485 e. The average molecular weight is 527 g/mol. The third-order valence-electron chi connectivity index (χ3n) is 5.44. The molecule has 1 aliphatic heterocycles. The molecule has 1 aromatic heterocycles. The maximum absolute atomic E-state index is 14.6. The number of esters is 1. The molecular formula is C23H14F5NO6S. The van der Waals surface area contributed by atoms with Crippen LogP contribution in [0.15, 0.2) is 48.5 Å². The molecule has 36 heavy (non-hydrogen) atoms. The smallest absolute Gasteiger partial charge is 0.485 e. The minimum Gasteiger partial charge on any atom is -0.741 e. The largest absolute Gasteiger partial charge is 0.741 e. The van der Waals surface area contributed by atoms with E-state index in [1.807, 2.05) is 22.8 Å². The topological polar surface area (TPSA) is 96.6 Å². The number of pyridine rings is 1. The summed E-state index contributed by atoms with van der Waals surface area (Å²) < 4.78 is 100. The van der Waals surface area contributed by atoms with Crippen LogP contribution in [0, 0.1) is 11.6 Å². The first kappa shape index (κ1) is 25.3. The number of carbonyl (C=O) groups excluding carboxylic acids is 1. The van der Waals surface area contributed by atoms with Crippen LogP contribution in [-0.2, 0) is 21.9 Å². The van der Waals surface area contributed by atoms with Crippen LogP contribution < -0.4 is 9.30 Å². The van der Waals surface area contributed by atoms with E-state index in [1.165, 1.54) is 31.4 Å². The second-order valence-corrected chi connectivity index (χ2v) is 8.94. The lowest BCUT2D eigenvalue weighted by molar-refractivity contribution is -0.632. The third kappa shape index (κ3) is 4.20. The van der Waals surface area contributed by atoms with Crippen LogP contribution in [-0.4, -0.2) is 31.6 Å². The van der Waals surface area contributed by atoms with E-state index >= 15 is 0 Å². The molecule has 13 heteroatoms. The van der Waals surface area contributed by atoms with E-state index in [9.17, 15) is 26.7 Å². The molecule has 0 saturated carbocycles. The Kier molecular flexibility index (Phi) is 6.09. The number of rotatable bonds is 1. The molecule has 0 unspecified atom stereocenters. The summed E-state index contributed by atoms with van der Waals surface area (Å²) in [5.74, 6) is -0.655. The fourth-order valence-electron chi connectivity index (χ4n) is 3.90. The molecule has 0 saturated heterocycles. The highest BCUT2D eigenvalue weighted by Crippen LogP contribution is 2.46. The van der Waals surface area contributed by atoms with Gasteiger partial charge in [0.15, 0.2) is 10.1 Å². The molecule has 3 aromatic carbocycles. The number of alkyl halides is 3. The van der Waals surface area contributed by atoms with Crippen molar-refractivity contribution in [3.05, 3.63) is 65.7 Å². The fourth-order valence-corrected chi connectivity index (χ4v) is 3.90. The standard InChI is InChI=1S/C22H14F2NO3.CHF3O3S/c1-25-17-10-14(22(26)27-2)16(24)9-13(17)12-4-3-5-19-20(12)21(25)15-8-11(23)6-7-18(15)28-19;2-1(3,4)8(5,6)7/h3-10H,1-2H3;(H,5,6,7)/q+1;/p-1. The first-order chi connectivity index (χ1) is 16.7. The Morgan fingerprint density at radius 2 is 1.69 bits per heavy atom. The summed E-state index contributed by atoms with van der Waals surface area (Å²) >= 11 is 0. The van der Waals surface area contributed by atoms with Gasteiger partial charge in [0.05, 0.1) is 23.4 Å². The van der Waals surface area contributed by atoms with Crippen molar-refractivity contribution in [3.8, 4) is 22.8 Å². The average Bonchev–Trinajstić information content (AvgIpc) is 2.80. The van der Waals surface area contributed by atoms with Gasteiger partial charge in [-0.1, -0.05) is 12.1 Å². The van der Waals surface area contributed by atoms with Gasteiger partial charge in [0.1, 0.15) is 35.7 Å². The van der Waals surface area contributed by atoms with Crippen molar-refractivity contribution in [1.82, 2.24) is 0 Å². The number of aromatic nitrogens is 1. The molecule has 2 heterocycles. The van der Waals surface area contributed by atoms with Crippen molar-refractivity contribution in [2.75, 3.05) is 7.11 Å². The minimum atomic E-state index is -6.09. The number of methoxy groups -OCH3 is 1. The van der Waals surface area contributed by atoms with Crippen molar-refractivity contribution in [3.63, 3.8) is 0 Å². The van der Waals surface area contributed by atoms with E-state index in [4.69, 9.17) is 22.4 Å². The molecule has 0 bridgehead atoms. The fraction of sp³-hybridized carbons (Fsp3) is 0.130. The first-order valence-electron chi connectivity index (χ1n) is 9.90. The second-order valence-electron chi connectivity index (χ2n) is 7.57. The number of ether oxygens (including phenoxy) is 2. The van der Waals surface area contributed by atoms with Gasteiger partial charge in [0.2, 0.25) is 11.2 Å². The normalized spacial score (nSPS) is 12.4. The highest BCUT2D eigenvalue weighted by molar-refractivity contribution is 7.86. The third-order valence-corrected chi connectivity index (χ3v) is 6.01. The van der Waals surface area contributed by atoms with Crippen molar-refractivity contribution in [1.29, 1.82) is 0 Å². The van der Waals surface area contributed by atoms with Gasteiger partial charge in [-0.05, 0) is 30.3 Å². The van der Waals surface area contributed by atoms with Gasteiger partial charge in [-0.3, -0.25) is 0 Å². The summed E-state index contributed by atoms with van der Waals surface area (Å²) in [6.45, 7) is 0. The van der Waals surface area contributed by atoms with Crippen LogP contribution in [0.1, 0.15) is 10.4 Å². The molecule has 0 spiro atoms. The number of halogens is 5. The maximum atomic E-state index is 14.6. The van der Waals surface area contributed by atoms with Crippen LogP contribution in [0.3, 0.4) is 0 Å². The molecule has 0 aliphatic carbocycles.